The quantitative estimate of drug-likeness (QED) is 0.732. The Labute approximate surface area is 94.4 Å². The monoisotopic (exact) mass is 223 g/mol. The van der Waals surface area contributed by atoms with Gasteiger partial charge in [0.1, 0.15) is 5.15 Å². The molecule has 15 heavy (non-hydrogen) atoms. The van der Waals surface area contributed by atoms with Crippen molar-refractivity contribution >= 4 is 17.3 Å². The second-order valence-electron chi connectivity index (χ2n) is 4.31. The summed E-state index contributed by atoms with van der Waals surface area (Å²) in [4.78, 5) is 6.57. The van der Waals surface area contributed by atoms with Gasteiger partial charge in [0, 0.05) is 25.0 Å². The van der Waals surface area contributed by atoms with Crippen molar-refractivity contribution < 1.29 is 0 Å². The van der Waals surface area contributed by atoms with E-state index in [0.29, 0.717) is 11.2 Å². The summed E-state index contributed by atoms with van der Waals surface area (Å²) in [5.41, 5.74) is 1.21. The molecular weight excluding hydrogens is 210 g/mol. The molecule has 1 aromatic rings. The van der Waals surface area contributed by atoms with Crippen molar-refractivity contribution in [1.29, 1.82) is 0 Å². The van der Waals surface area contributed by atoms with E-state index in [1.54, 1.807) is 0 Å². The molecule has 0 amide bonds. The Morgan fingerprint density at radius 1 is 1.47 bits per heavy atom. The topological polar surface area (TPSA) is 28.2 Å². The summed E-state index contributed by atoms with van der Waals surface area (Å²) in [6, 6.07) is 4.65. The van der Waals surface area contributed by atoms with E-state index in [2.05, 4.69) is 21.3 Å². The molecule has 3 heterocycles. The van der Waals surface area contributed by atoms with Gasteiger partial charge in [0.15, 0.2) is 0 Å². The van der Waals surface area contributed by atoms with Gasteiger partial charge in [-0.15, -0.1) is 0 Å². The van der Waals surface area contributed by atoms with Crippen LogP contribution in [0.4, 0.5) is 5.69 Å². The van der Waals surface area contributed by atoms with Gasteiger partial charge in [-0.1, -0.05) is 11.6 Å². The van der Waals surface area contributed by atoms with E-state index in [0.717, 1.165) is 19.0 Å². The van der Waals surface area contributed by atoms with Gasteiger partial charge >= 0.3 is 0 Å². The zero-order valence-electron chi connectivity index (χ0n) is 8.49. The maximum absolute atomic E-state index is 5.78. The van der Waals surface area contributed by atoms with Gasteiger partial charge in [-0.25, -0.2) is 4.98 Å². The van der Waals surface area contributed by atoms with Gasteiger partial charge in [0.2, 0.25) is 0 Å². The normalized spacial score (nSPS) is 29.5. The van der Waals surface area contributed by atoms with Crippen molar-refractivity contribution in [3.8, 4) is 0 Å². The van der Waals surface area contributed by atoms with Crippen molar-refractivity contribution in [3.05, 3.63) is 23.5 Å². The highest BCUT2D eigenvalue weighted by atomic mass is 35.5. The summed E-state index contributed by atoms with van der Waals surface area (Å²) < 4.78 is 0. The Kier molecular flexibility index (Phi) is 2.29. The SMILES string of the molecule is Clc1ccc(N2C[C@@H]3CNCC[C@@H]32)cn1. The van der Waals surface area contributed by atoms with Crippen LogP contribution < -0.4 is 10.2 Å². The highest BCUT2D eigenvalue weighted by Gasteiger charge is 2.40. The number of halogens is 1. The first-order chi connectivity index (χ1) is 7.34. The number of pyridine rings is 1. The molecule has 0 bridgehead atoms. The van der Waals surface area contributed by atoms with Crippen LogP contribution in [0, 0.1) is 5.92 Å². The lowest BCUT2D eigenvalue weighted by Crippen LogP contribution is -2.63. The van der Waals surface area contributed by atoms with E-state index < -0.39 is 0 Å². The standard InChI is InChI=1S/C11H14ClN3/c12-11-2-1-9(6-14-11)15-7-8-5-13-4-3-10(8)15/h1-2,6,8,10,13H,3-5,7H2/t8-,10-/m0/s1. The summed E-state index contributed by atoms with van der Waals surface area (Å²) in [6.45, 7) is 3.46. The molecule has 0 aliphatic carbocycles. The smallest absolute Gasteiger partial charge is 0.129 e. The first kappa shape index (κ1) is 9.43. The molecular formula is C11H14ClN3. The number of nitrogens with zero attached hydrogens (tertiary/aromatic N) is 2. The molecule has 2 fully saturated rings. The van der Waals surface area contributed by atoms with E-state index >= 15 is 0 Å². The molecule has 3 rings (SSSR count). The minimum Gasteiger partial charge on any atom is -0.366 e. The largest absolute Gasteiger partial charge is 0.366 e. The summed E-state index contributed by atoms with van der Waals surface area (Å²) in [5, 5.41) is 4.00. The second-order valence-corrected chi connectivity index (χ2v) is 4.70. The number of aromatic nitrogens is 1. The number of fused-ring (bicyclic) bond motifs is 1. The molecule has 0 spiro atoms. The molecule has 2 aliphatic rings. The van der Waals surface area contributed by atoms with Crippen molar-refractivity contribution in [2.24, 2.45) is 5.92 Å². The zero-order chi connectivity index (χ0) is 10.3. The number of piperidine rings is 1. The molecule has 0 aromatic carbocycles. The molecule has 1 N–H and O–H groups in total. The van der Waals surface area contributed by atoms with Crippen LogP contribution in [0.3, 0.4) is 0 Å². The van der Waals surface area contributed by atoms with Crippen molar-refractivity contribution in [2.45, 2.75) is 12.5 Å². The molecule has 0 radical (unpaired) electrons. The Hall–Kier alpha value is -0.800. The van der Waals surface area contributed by atoms with E-state index in [9.17, 15) is 0 Å². The van der Waals surface area contributed by atoms with Crippen molar-refractivity contribution in [3.63, 3.8) is 0 Å². The molecule has 0 unspecified atom stereocenters. The maximum Gasteiger partial charge on any atom is 0.129 e. The number of hydrogen-bond donors (Lipinski definition) is 1. The van der Waals surface area contributed by atoms with Crippen LogP contribution in [0.5, 0.6) is 0 Å². The number of hydrogen-bond acceptors (Lipinski definition) is 3. The lowest BCUT2D eigenvalue weighted by atomic mass is 9.83. The molecule has 1 aromatic heterocycles. The van der Waals surface area contributed by atoms with Crippen LogP contribution in [0.15, 0.2) is 18.3 Å². The lowest BCUT2D eigenvalue weighted by Gasteiger charge is -2.52. The fourth-order valence-electron chi connectivity index (χ4n) is 2.59. The van der Waals surface area contributed by atoms with Crippen molar-refractivity contribution in [2.75, 3.05) is 24.5 Å². The van der Waals surface area contributed by atoms with Crippen LogP contribution in [0.1, 0.15) is 6.42 Å². The minimum atomic E-state index is 0.570. The number of nitrogens with one attached hydrogen (secondary N) is 1. The molecule has 3 nitrogen and oxygen atoms in total. The predicted molar refractivity (Wildman–Crippen MR) is 61.4 cm³/mol. The van der Waals surface area contributed by atoms with E-state index in [1.807, 2.05) is 12.3 Å². The molecule has 2 aliphatic heterocycles. The van der Waals surface area contributed by atoms with Gasteiger partial charge < -0.3 is 10.2 Å². The highest BCUT2D eigenvalue weighted by Crippen LogP contribution is 2.34. The first-order valence-corrected chi connectivity index (χ1v) is 5.81. The van der Waals surface area contributed by atoms with Gasteiger partial charge in [-0.2, -0.15) is 0 Å². The summed E-state index contributed by atoms with van der Waals surface area (Å²) in [6.07, 6.45) is 3.12. The summed E-state index contributed by atoms with van der Waals surface area (Å²) in [7, 11) is 0. The summed E-state index contributed by atoms with van der Waals surface area (Å²) in [5.74, 6) is 0.828. The van der Waals surface area contributed by atoms with Crippen LogP contribution in [0.25, 0.3) is 0 Å². The third kappa shape index (κ3) is 1.60. The average molecular weight is 224 g/mol. The van der Waals surface area contributed by atoms with Crippen LogP contribution in [0.2, 0.25) is 5.15 Å². The van der Waals surface area contributed by atoms with Gasteiger partial charge in [0.25, 0.3) is 0 Å². The molecule has 4 heteroatoms. The Balaban J connectivity index is 1.76. The van der Waals surface area contributed by atoms with Crippen LogP contribution in [-0.2, 0) is 0 Å². The third-order valence-electron chi connectivity index (χ3n) is 3.44. The van der Waals surface area contributed by atoms with Gasteiger partial charge in [0.05, 0.1) is 11.9 Å². The fourth-order valence-corrected chi connectivity index (χ4v) is 2.70. The third-order valence-corrected chi connectivity index (χ3v) is 3.67. The fraction of sp³-hybridized carbons (Fsp3) is 0.545. The van der Waals surface area contributed by atoms with Gasteiger partial charge in [-0.3, -0.25) is 0 Å². The molecule has 0 saturated carbocycles. The lowest BCUT2D eigenvalue weighted by molar-refractivity contribution is 0.230. The van der Waals surface area contributed by atoms with E-state index in [4.69, 9.17) is 11.6 Å². The number of rotatable bonds is 1. The van der Waals surface area contributed by atoms with Crippen LogP contribution in [-0.4, -0.2) is 30.7 Å². The molecule has 2 saturated heterocycles. The molecule has 2 atom stereocenters. The Bertz CT molecular complexity index is 351. The predicted octanol–water partition coefficient (Wildman–Crippen LogP) is 1.53. The zero-order valence-corrected chi connectivity index (χ0v) is 9.24. The van der Waals surface area contributed by atoms with Crippen LogP contribution >= 0.6 is 11.6 Å². The summed E-state index contributed by atoms with van der Waals surface area (Å²) >= 11 is 5.78. The Morgan fingerprint density at radius 3 is 3.13 bits per heavy atom. The van der Waals surface area contributed by atoms with E-state index in [-0.39, 0.29) is 0 Å². The molecule has 80 valence electrons. The second kappa shape index (κ2) is 3.65. The van der Waals surface area contributed by atoms with Crippen molar-refractivity contribution in [1.82, 2.24) is 10.3 Å². The average Bonchev–Trinajstić information content (AvgIpc) is 2.23. The maximum atomic E-state index is 5.78. The highest BCUT2D eigenvalue weighted by molar-refractivity contribution is 6.29. The minimum absolute atomic E-state index is 0.570. The number of anilines is 1. The Morgan fingerprint density at radius 2 is 2.40 bits per heavy atom. The van der Waals surface area contributed by atoms with E-state index in [1.165, 1.54) is 18.7 Å². The van der Waals surface area contributed by atoms with Gasteiger partial charge in [-0.05, 0) is 25.1 Å². The first-order valence-electron chi connectivity index (χ1n) is 5.43.